The third-order valence-corrected chi connectivity index (χ3v) is 6.48. The van der Waals surface area contributed by atoms with E-state index in [1.807, 2.05) is 24.5 Å². The Morgan fingerprint density at radius 3 is 2.84 bits per heavy atom. The molecule has 2 fully saturated rings. The lowest BCUT2D eigenvalue weighted by molar-refractivity contribution is -0.0935. The maximum Gasteiger partial charge on any atom is 0.0718 e. The van der Waals surface area contributed by atoms with Crippen LogP contribution in [0, 0.1) is 5.92 Å². The zero-order valence-corrected chi connectivity index (χ0v) is 15.8. The molecule has 2 aliphatic rings. The Morgan fingerprint density at radius 2 is 2.08 bits per heavy atom. The Morgan fingerprint density at radius 1 is 1.24 bits per heavy atom. The number of likely N-dealkylation sites (N-methyl/N-ethyl adjacent to an activating group) is 1. The molecule has 2 aromatic rings. The van der Waals surface area contributed by atoms with Crippen molar-refractivity contribution >= 4 is 11.3 Å². The second-order valence-electron chi connectivity index (χ2n) is 7.65. The average molecular weight is 358 g/mol. The predicted octanol–water partition coefficient (Wildman–Crippen LogP) is 3.26. The lowest BCUT2D eigenvalue weighted by atomic mass is 9.75. The number of ether oxygens (including phenoxy) is 1. The van der Waals surface area contributed by atoms with Crippen molar-refractivity contribution in [1.82, 2.24) is 14.8 Å². The summed E-state index contributed by atoms with van der Waals surface area (Å²) in [6.45, 7) is 6.26. The van der Waals surface area contributed by atoms with Gasteiger partial charge >= 0.3 is 0 Å². The minimum absolute atomic E-state index is 0.374. The number of pyridine rings is 1. The highest BCUT2D eigenvalue weighted by atomic mass is 32.1. The summed E-state index contributed by atoms with van der Waals surface area (Å²) in [5, 5.41) is 4.44. The van der Waals surface area contributed by atoms with Gasteiger partial charge in [0.05, 0.1) is 6.61 Å². The Hall–Kier alpha value is -1.27. The van der Waals surface area contributed by atoms with Gasteiger partial charge in [0.25, 0.3) is 0 Å². The van der Waals surface area contributed by atoms with Crippen LogP contribution in [0.1, 0.15) is 24.0 Å². The summed E-state index contributed by atoms with van der Waals surface area (Å²) in [6, 6.07) is 6.31. The van der Waals surface area contributed by atoms with Crippen LogP contribution < -0.4 is 0 Å². The van der Waals surface area contributed by atoms with Gasteiger partial charge in [0, 0.05) is 44.2 Å². The smallest absolute Gasteiger partial charge is 0.0718 e. The van der Waals surface area contributed by atoms with E-state index < -0.39 is 0 Å². The molecule has 5 heteroatoms. The summed E-state index contributed by atoms with van der Waals surface area (Å²) in [5.74, 6) is 0.682. The first-order valence-electron chi connectivity index (χ1n) is 9.15. The SMILES string of the molecule is CN1CC[C@H](COCc2ccncc2)CC12CN(Cc1ccsc1)C2. The van der Waals surface area contributed by atoms with Crippen LogP contribution in [-0.4, -0.2) is 53.6 Å². The first-order valence-corrected chi connectivity index (χ1v) is 10.1. The van der Waals surface area contributed by atoms with Crippen molar-refractivity contribution in [1.29, 1.82) is 0 Å². The van der Waals surface area contributed by atoms with Gasteiger partial charge < -0.3 is 4.74 Å². The van der Waals surface area contributed by atoms with Gasteiger partial charge in [-0.3, -0.25) is 14.8 Å². The van der Waals surface area contributed by atoms with Crippen LogP contribution in [0.25, 0.3) is 0 Å². The third-order valence-electron chi connectivity index (χ3n) is 5.74. The number of rotatable bonds is 6. The summed E-state index contributed by atoms with van der Waals surface area (Å²) in [6.07, 6.45) is 6.18. The predicted molar refractivity (Wildman–Crippen MR) is 102 cm³/mol. The summed E-state index contributed by atoms with van der Waals surface area (Å²) in [7, 11) is 2.30. The number of nitrogens with zero attached hydrogens (tertiary/aromatic N) is 3. The van der Waals surface area contributed by atoms with E-state index in [-0.39, 0.29) is 0 Å². The molecule has 4 rings (SSSR count). The first-order chi connectivity index (χ1) is 12.2. The summed E-state index contributed by atoms with van der Waals surface area (Å²) < 4.78 is 6.01. The highest BCUT2D eigenvalue weighted by Gasteiger charge is 2.49. The van der Waals surface area contributed by atoms with Crippen molar-refractivity contribution in [2.45, 2.75) is 31.5 Å². The van der Waals surface area contributed by atoms with Crippen LogP contribution in [0.5, 0.6) is 0 Å². The standard InChI is InChI=1S/C20H27N3OS/c1-22-8-4-18(13-24-12-17-2-6-21-7-3-17)10-20(22)15-23(16-20)11-19-5-9-25-14-19/h2-3,5-7,9,14,18H,4,8,10-13,15-16H2,1H3/t18-/m0/s1. The molecule has 2 saturated heterocycles. The number of hydrogen-bond donors (Lipinski definition) is 0. The van der Waals surface area contributed by atoms with E-state index in [9.17, 15) is 0 Å². The van der Waals surface area contributed by atoms with Crippen molar-refractivity contribution in [3.05, 3.63) is 52.5 Å². The topological polar surface area (TPSA) is 28.6 Å². The lowest BCUT2D eigenvalue weighted by Gasteiger charge is -2.58. The minimum Gasteiger partial charge on any atom is -0.376 e. The fraction of sp³-hybridized carbons (Fsp3) is 0.550. The van der Waals surface area contributed by atoms with Gasteiger partial charge in [0.15, 0.2) is 0 Å². The molecule has 0 amide bonds. The molecule has 0 aromatic carbocycles. The zero-order valence-electron chi connectivity index (χ0n) is 14.9. The Bertz CT molecular complexity index is 655. The fourth-order valence-corrected chi connectivity index (χ4v) is 4.94. The van der Waals surface area contributed by atoms with Gasteiger partial charge in [-0.15, -0.1) is 0 Å². The Kier molecular flexibility index (Phi) is 5.17. The van der Waals surface area contributed by atoms with Crippen molar-refractivity contribution < 1.29 is 4.74 Å². The molecule has 0 N–H and O–H groups in total. The summed E-state index contributed by atoms with van der Waals surface area (Å²) in [5.41, 5.74) is 3.04. The van der Waals surface area contributed by atoms with Crippen LogP contribution >= 0.6 is 11.3 Å². The van der Waals surface area contributed by atoms with Crippen LogP contribution in [0.3, 0.4) is 0 Å². The number of aromatic nitrogens is 1. The highest BCUT2D eigenvalue weighted by Crippen LogP contribution is 2.39. The average Bonchev–Trinajstić information content (AvgIpc) is 3.10. The normalized spacial score (nSPS) is 23.6. The quantitative estimate of drug-likeness (QED) is 0.793. The molecule has 0 aliphatic carbocycles. The number of hydrogen-bond acceptors (Lipinski definition) is 5. The third kappa shape index (κ3) is 3.95. The van der Waals surface area contributed by atoms with Crippen molar-refractivity contribution in [3.63, 3.8) is 0 Å². The van der Waals surface area contributed by atoms with Crippen molar-refractivity contribution in [3.8, 4) is 0 Å². The monoisotopic (exact) mass is 357 g/mol. The largest absolute Gasteiger partial charge is 0.376 e. The maximum atomic E-state index is 6.01. The van der Waals surface area contributed by atoms with Gasteiger partial charge in [-0.2, -0.15) is 11.3 Å². The molecule has 0 bridgehead atoms. The number of likely N-dealkylation sites (tertiary alicyclic amines) is 2. The number of piperidine rings is 1. The first kappa shape index (κ1) is 17.2. The van der Waals surface area contributed by atoms with Crippen LogP contribution in [-0.2, 0) is 17.9 Å². The zero-order chi connectivity index (χ0) is 17.1. The van der Waals surface area contributed by atoms with Crippen molar-refractivity contribution in [2.24, 2.45) is 5.92 Å². The summed E-state index contributed by atoms with van der Waals surface area (Å²) in [4.78, 5) is 9.23. The van der Waals surface area contributed by atoms with E-state index in [2.05, 4.69) is 38.7 Å². The van der Waals surface area contributed by atoms with Gasteiger partial charge in [-0.25, -0.2) is 0 Å². The lowest BCUT2D eigenvalue weighted by Crippen LogP contribution is -2.71. The van der Waals surface area contributed by atoms with E-state index in [4.69, 9.17) is 4.74 Å². The molecule has 0 saturated carbocycles. The minimum atomic E-state index is 0.374. The van der Waals surface area contributed by atoms with Gasteiger partial charge in [0.1, 0.15) is 0 Å². The molecule has 4 nitrogen and oxygen atoms in total. The molecule has 0 unspecified atom stereocenters. The van der Waals surface area contributed by atoms with Crippen molar-refractivity contribution in [2.75, 3.05) is 33.3 Å². The van der Waals surface area contributed by atoms with Crippen LogP contribution in [0.4, 0.5) is 0 Å². The Balaban J connectivity index is 1.26. The molecule has 1 spiro atoms. The van der Waals surface area contributed by atoms with Crippen LogP contribution in [0.15, 0.2) is 41.4 Å². The summed E-state index contributed by atoms with van der Waals surface area (Å²) >= 11 is 1.79. The van der Waals surface area contributed by atoms with Gasteiger partial charge in [-0.1, -0.05) is 0 Å². The van der Waals surface area contributed by atoms with E-state index >= 15 is 0 Å². The fourth-order valence-electron chi connectivity index (χ4n) is 4.28. The molecule has 2 aliphatic heterocycles. The Labute approximate surface area is 154 Å². The van der Waals surface area contributed by atoms with E-state index in [1.54, 1.807) is 11.3 Å². The molecule has 25 heavy (non-hydrogen) atoms. The van der Waals surface area contributed by atoms with E-state index in [0.717, 1.165) is 13.2 Å². The molecule has 1 atom stereocenters. The molecular formula is C20H27N3OS. The maximum absolute atomic E-state index is 6.01. The molecule has 4 heterocycles. The van der Waals surface area contributed by atoms with Gasteiger partial charge in [0.2, 0.25) is 0 Å². The molecule has 0 radical (unpaired) electrons. The van der Waals surface area contributed by atoms with E-state index in [0.29, 0.717) is 18.1 Å². The molecular weight excluding hydrogens is 330 g/mol. The molecule has 134 valence electrons. The second kappa shape index (κ2) is 7.54. The molecule has 2 aromatic heterocycles. The second-order valence-corrected chi connectivity index (χ2v) is 8.43. The number of thiophene rings is 1. The van der Waals surface area contributed by atoms with Gasteiger partial charge in [-0.05, 0) is 72.4 Å². The van der Waals surface area contributed by atoms with E-state index in [1.165, 1.54) is 43.6 Å². The van der Waals surface area contributed by atoms with Crippen LogP contribution in [0.2, 0.25) is 0 Å². The highest BCUT2D eigenvalue weighted by molar-refractivity contribution is 7.07.